The fourth-order valence-electron chi connectivity index (χ4n) is 1.40. The van der Waals surface area contributed by atoms with Gasteiger partial charge in [0.1, 0.15) is 6.10 Å². The van der Waals surface area contributed by atoms with Gasteiger partial charge >= 0.3 is 0 Å². The second-order valence-corrected chi connectivity index (χ2v) is 3.82. The molecule has 2 rings (SSSR count). The molecule has 0 saturated carbocycles. The first-order valence-electron chi connectivity index (χ1n) is 4.18. The van der Waals surface area contributed by atoms with Gasteiger partial charge in [-0.05, 0) is 34.8 Å². The van der Waals surface area contributed by atoms with Crippen LogP contribution in [0.4, 0.5) is 0 Å². The lowest BCUT2D eigenvalue weighted by molar-refractivity contribution is 0.0614. The number of rotatable bonds is 2. The Morgan fingerprint density at radius 3 is 3.00 bits per heavy atom. The van der Waals surface area contributed by atoms with E-state index in [9.17, 15) is 4.79 Å². The summed E-state index contributed by atoms with van der Waals surface area (Å²) < 4.78 is 11.0. The third kappa shape index (κ3) is 1.69. The average Bonchev–Trinajstić information content (AvgIpc) is 2.72. The highest BCUT2D eigenvalue weighted by Crippen LogP contribution is 2.23. The lowest BCUT2D eigenvalue weighted by atomic mass is 10.1. The lowest BCUT2D eigenvalue weighted by Gasteiger charge is -2.05. The van der Waals surface area contributed by atoms with Crippen LogP contribution in [0.5, 0.6) is 0 Å². The molecule has 4 heteroatoms. The quantitative estimate of drug-likeness (QED) is 0.751. The van der Waals surface area contributed by atoms with E-state index in [1.165, 1.54) is 6.26 Å². The molecule has 0 aromatic carbocycles. The van der Waals surface area contributed by atoms with Gasteiger partial charge in [-0.15, -0.1) is 0 Å². The molecule has 1 fully saturated rings. The van der Waals surface area contributed by atoms with Crippen molar-refractivity contribution in [3.05, 3.63) is 22.6 Å². The first kappa shape index (κ1) is 8.97. The zero-order valence-corrected chi connectivity index (χ0v) is 8.54. The molecule has 2 heterocycles. The van der Waals surface area contributed by atoms with Crippen molar-refractivity contribution in [1.29, 1.82) is 0 Å². The van der Waals surface area contributed by atoms with Crippen LogP contribution in [0.2, 0.25) is 0 Å². The summed E-state index contributed by atoms with van der Waals surface area (Å²) in [6, 6.07) is 1.71. The van der Waals surface area contributed by atoms with E-state index in [0.29, 0.717) is 16.8 Å². The molecule has 0 amide bonds. The lowest BCUT2D eigenvalue weighted by Crippen LogP contribution is -2.19. The normalized spacial score (nSPS) is 22.1. The second kappa shape index (κ2) is 3.64. The highest BCUT2D eigenvalue weighted by Gasteiger charge is 2.28. The Morgan fingerprint density at radius 2 is 2.46 bits per heavy atom. The molecule has 1 atom stereocenters. The third-order valence-electron chi connectivity index (χ3n) is 2.06. The molecular formula is C9H9BrO3. The first-order valence-corrected chi connectivity index (χ1v) is 4.97. The van der Waals surface area contributed by atoms with E-state index in [1.54, 1.807) is 6.07 Å². The van der Waals surface area contributed by atoms with E-state index in [0.717, 1.165) is 12.8 Å². The molecule has 1 aliphatic rings. The SMILES string of the molecule is O=C(c1occc1Br)C1CCCO1. The van der Waals surface area contributed by atoms with Crippen LogP contribution in [0.3, 0.4) is 0 Å². The highest BCUT2D eigenvalue weighted by molar-refractivity contribution is 9.10. The largest absolute Gasteiger partial charge is 0.460 e. The number of halogens is 1. The first-order chi connectivity index (χ1) is 6.29. The van der Waals surface area contributed by atoms with E-state index in [-0.39, 0.29) is 11.9 Å². The van der Waals surface area contributed by atoms with Gasteiger partial charge in [0.05, 0.1) is 10.7 Å². The molecule has 1 unspecified atom stereocenters. The number of hydrogen-bond donors (Lipinski definition) is 0. The van der Waals surface area contributed by atoms with Gasteiger partial charge in [-0.25, -0.2) is 0 Å². The van der Waals surface area contributed by atoms with Crippen LogP contribution in [0.1, 0.15) is 23.4 Å². The number of furan rings is 1. The minimum atomic E-state index is -0.303. The Labute approximate surface area is 84.2 Å². The number of hydrogen-bond acceptors (Lipinski definition) is 3. The molecule has 0 spiro atoms. The van der Waals surface area contributed by atoms with Crippen LogP contribution in [-0.2, 0) is 4.74 Å². The van der Waals surface area contributed by atoms with Crippen molar-refractivity contribution in [2.45, 2.75) is 18.9 Å². The minimum Gasteiger partial charge on any atom is -0.460 e. The Kier molecular flexibility index (Phi) is 2.51. The summed E-state index contributed by atoms with van der Waals surface area (Å²) in [6.07, 6.45) is 2.94. The summed E-state index contributed by atoms with van der Waals surface area (Å²) in [5.74, 6) is 0.307. The van der Waals surface area contributed by atoms with Crippen molar-refractivity contribution in [2.75, 3.05) is 6.61 Å². The summed E-state index contributed by atoms with van der Waals surface area (Å²) in [4.78, 5) is 11.7. The topological polar surface area (TPSA) is 39.4 Å². The van der Waals surface area contributed by atoms with Gasteiger partial charge < -0.3 is 9.15 Å². The van der Waals surface area contributed by atoms with E-state index in [4.69, 9.17) is 9.15 Å². The summed E-state index contributed by atoms with van der Waals surface area (Å²) in [5, 5.41) is 0. The van der Waals surface area contributed by atoms with Crippen molar-refractivity contribution in [1.82, 2.24) is 0 Å². The predicted octanol–water partition coefficient (Wildman–Crippen LogP) is 2.40. The number of carbonyl (C=O) groups is 1. The minimum absolute atomic E-state index is 0.0608. The molecule has 1 aromatic heterocycles. The summed E-state index contributed by atoms with van der Waals surface area (Å²) >= 11 is 3.24. The van der Waals surface area contributed by atoms with Crippen molar-refractivity contribution < 1.29 is 13.9 Å². The van der Waals surface area contributed by atoms with E-state index in [2.05, 4.69) is 15.9 Å². The summed E-state index contributed by atoms with van der Waals surface area (Å²) in [7, 11) is 0. The van der Waals surface area contributed by atoms with E-state index < -0.39 is 0 Å². The monoisotopic (exact) mass is 244 g/mol. The average molecular weight is 245 g/mol. The van der Waals surface area contributed by atoms with E-state index in [1.807, 2.05) is 0 Å². The Morgan fingerprint density at radius 1 is 1.62 bits per heavy atom. The molecule has 13 heavy (non-hydrogen) atoms. The number of carbonyl (C=O) groups excluding carboxylic acids is 1. The Balaban J connectivity index is 2.17. The van der Waals surface area contributed by atoms with Crippen molar-refractivity contribution >= 4 is 21.7 Å². The molecule has 0 radical (unpaired) electrons. The van der Waals surface area contributed by atoms with Gasteiger partial charge in [0.15, 0.2) is 5.76 Å². The smallest absolute Gasteiger partial charge is 0.227 e. The van der Waals surface area contributed by atoms with Crippen LogP contribution in [-0.4, -0.2) is 18.5 Å². The number of Topliss-reactive ketones (excluding diaryl/α,β-unsaturated/α-hetero) is 1. The molecule has 1 aliphatic heterocycles. The van der Waals surface area contributed by atoms with Crippen LogP contribution in [0.25, 0.3) is 0 Å². The van der Waals surface area contributed by atoms with Crippen LogP contribution >= 0.6 is 15.9 Å². The highest BCUT2D eigenvalue weighted by atomic mass is 79.9. The zero-order chi connectivity index (χ0) is 9.26. The van der Waals surface area contributed by atoms with Gasteiger partial charge in [0.2, 0.25) is 5.78 Å². The standard InChI is InChI=1S/C9H9BrO3/c10-6-3-5-13-9(6)8(11)7-2-1-4-12-7/h3,5,7H,1-2,4H2. The molecular weight excluding hydrogens is 236 g/mol. The second-order valence-electron chi connectivity index (χ2n) is 2.96. The third-order valence-corrected chi connectivity index (χ3v) is 2.69. The maximum absolute atomic E-state index is 11.7. The van der Waals surface area contributed by atoms with Crippen molar-refractivity contribution in [2.24, 2.45) is 0 Å². The molecule has 0 bridgehead atoms. The van der Waals surface area contributed by atoms with Crippen LogP contribution in [0, 0.1) is 0 Å². The summed E-state index contributed by atoms with van der Waals surface area (Å²) in [6.45, 7) is 0.675. The number of ether oxygens (including phenoxy) is 1. The Bertz CT molecular complexity index is 312. The maximum Gasteiger partial charge on any atom is 0.227 e. The van der Waals surface area contributed by atoms with E-state index >= 15 is 0 Å². The molecule has 70 valence electrons. The van der Waals surface area contributed by atoms with Gasteiger partial charge in [-0.3, -0.25) is 4.79 Å². The van der Waals surface area contributed by atoms with Gasteiger partial charge in [0.25, 0.3) is 0 Å². The molecule has 0 N–H and O–H groups in total. The number of ketones is 1. The predicted molar refractivity (Wildman–Crippen MR) is 49.7 cm³/mol. The molecule has 3 nitrogen and oxygen atoms in total. The maximum atomic E-state index is 11.7. The van der Waals surface area contributed by atoms with Crippen molar-refractivity contribution in [3.63, 3.8) is 0 Å². The molecule has 1 aromatic rings. The fraction of sp³-hybridized carbons (Fsp3) is 0.444. The van der Waals surface area contributed by atoms with Gasteiger partial charge in [-0.1, -0.05) is 0 Å². The summed E-state index contributed by atoms with van der Waals surface area (Å²) in [5.41, 5.74) is 0. The zero-order valence-electron chi connectivity index (χ0n) is 6.96. The van der Waals surface area contributed by atoms with Gasteiger partial charge in [-0.2, -0.15) is 0 Å². The molecule has 1 saturated heterocycles. The molecule has 0 aliphatic carbocycles. The van der Waals surface area contributed by atoms with Crippen molar-refractivity contribution in [3.8, 4) is 0 Å². The van der Waals surface area contributed by atoms with Crippen LogP contribution in [0.15, 0.2) is 21.2 Å². The Hall–Kier alpha value is -0.610. The fourth-order valence-corrected chi connectivity index (χ4v) is 1.80. The van der Waals surface area contributed by atoms with Crippen LogP contribution < -0.4 is 0 Å². The van der Waals surface area contributed by atoms with Gasteiger partial charge in [0, 0.05) is 6.61 Å².